The molecule has 6 nitrogen and oxygen atoms in total. The first kappa shape index (κ1) is 23.7. The van der Waals surface area contributed by atoms with Crippen molar-refractivity contribution in [1.82, 2.24) is 9.80 Å². The second kappa shape index (κ2) is 10.3. The highest BCUT2D eigenvalue weighted by atomic mass is 35.5. The number of benzene rings is 2. The zero-order valence-corrected chi connectivity index (χ0v) is 21.1. The number of hydrogen-bond acceptors (Lipinski definition) is 5. The second-order valence-electron chi connectivity index (χ2n) is 8.82. The van der Waals surface area contributed by atoms with Crippen LogP contribution >= 0.6 is 22.9 Å². The molecule has 2 heterocycles. The molecular formula is C27H27ClN2O4S. The van der Waals surface area contributed by atoms with Crippen molar-refractivity contribution in [1.29, 1.82) is 0 Å². The molecule has 0 saturated heterocycles. The van der Waals surface area contributed by atoms with Crippen molar-refractivity contribution < 1.29 is 19.1 Å². The molecule has 1 aromatic heterocycles. The highest BCUT2D eigenvalue weighted by molar-refractivity contribution is 7.10. The molecule has 0 radical (unpaired) electrons. The molecule has 1 aliphatic carbocycles. The predicted octanol–water partition coefficient (Wildman–Crippen LogP) is 5.22. The number of rotatable bonds is 8. The smallest absolute Gasteiger partial charge is 0.254 e. The molecule has 182 valence electrons. The van der Waals surface area contributed by atoms with Crippen molar-refractivity contribution in [2.45, 2.75) is 31.3 Å². The quantitative estimate of drug-likeness (QED) is 0.417. The van der Waals surface area contributed by atoms with Crippen LogP contribution in [0.5, 0.6) is 11.5 Å². The van der Waals surface area contributed by atoms with Crippen LogP contribution < -0.4 is 9.47 Å². The molecule has 2 aromatic carbocycles. The highest BCUT2D eigenvalue weighted by Crippen LogP contribution is 2.35. The van der Waals surface area contributed by atoms with Crippen molar-refractivity contribution in [2.24, 2.45) is 0 Å². The summed E-state index contributed by atoms with van der Waals surface area (Å²) in [5.74, 6) is 1.19. The summed E-state index contributed by atoms with van der Waals surface area (Å²) in [5.41, 5.74) is 1.63. The van der Waals surface area contributed by atoms with E-state index in [1.807, 2.05) is 29.2 Å². The summed E-state index contributed by atoms with van der Waals surface area (Å²) in [5, 5.41) is 2.57. The Bertz CT molecular complexity index is 1230. The van der Waals surface area contributed by atoms with Crippen molar-refractivity contribution >= 4 is 34.8 Å². The van der Waals surface area contributed by atoms with E-state index in [4.69, 9.17) is 21.1 Å². The molecule has 1 aliphatic heterocycles. The third kappa shape index (κ3) is 5.31. The zero-order chi connectivity index (χ0) is 24.4. The van der Waals surface area contributed by atoms with Crippen LogP contribution in [0.25, 0.3) is 0 Å². The summed E-state index contributed by atoms with van der Waals surface area (Å²) >= 11 is 7.82. The van der Waals surface area contributed by atoms with Crippen LogP contribution in [0.1, 0.15) is 39.7 Å². The summed E-state index contributed by atoms with van der Waals surface area (Å²) in [6.07, 6.45) is 2.63. The molecule has 8 heteroatoms. The lowest BCUT2D eigenvalue weighted by Gasteiger charge is -2.37. The third-order valence-corrected chi connectivity index (χ3v) is 7.72. The van der Waals surface area contributed by atoms with E-state index < -0.39 is 0 Å². The number of amides is 2. The summed E-state index contributed by atoms with van der Waals surface area (Å²) in [7, 11) is 1.62. The number of thiophene rings is 1. The number of nitrogens with zero attached hydrogens (tertiary/aromatic N) is 2. The SMILES string of the molecule is COc1cccc(OCC2c3ccsc3CCN2C(=O)CN(C(=O)c2cccc(Cl)c2)C2CC2)c1. The number of methoxy groups -OCH3 is 1. The fourth-order valence-electron chi connectivity index (χ4n) is 4.52. The van der Waals surface area contributed by atoms with Crippen LogP contribution in [0, 0.1) is 0 Å². The molecule has 1 unspecified atom stereocenters. The van der Waals surface area contributed by atoms with E-state index in [1.165, 1.54) is 4.88 Å². The van der Waals surface area contributed by atoms with Gasteiger partial charge in [-0.15, -0.1) is 11.3 Å². The Morgan fingerprint density at radius 3 is 2.69 bits per heavy atom. The Balaban J connectivity index is 1.34. The van der Waals surface area contributed by atoms with E-state index in [1.54, 1.807) is 47.6 Å². The van der Waals surface area contributed by atoms with E-state index >= 15 is 0 Å². The second-order valence-corrected chi connectivity index (χ2v) is 10.3. The maximum Gasteiger partial charge on any atom is 0.254 e. The van der Waals surface area contributed by atoms with Gasteiger partial charge in [0, 0.05) is 34.1 Å². The lowest BCUT2D eigenvalue weighted by atomic mass is 10.0. The van der Waals surface area contributed by atoms with E-state index in [9.17, 15) is 9.59 Å². The molecule has 3 aromatic rings. The number of carbonyl (C=O) groups excluding carboxylic acids is 2. The molecule has 1 fully saturated rings. The molecule has 0 bridgehead atoms. The lowest BCUT2D eigenvalue weighted by Crippen LogP contribution is -2.48. The topological polar surface area (TPSA) is 59.1 Å². The number of ether oxygens (including phenoxy) is 2. The van der Waals surface area contributed by atoms with Crippen LogP contribution in [0.2, 0.25) is 5.02 Å². The summed E-state index contributed by atoms with van der Waals surface area (Å²) in [6.45, 7) is 0.974. The van der Waals surface area contributed by atoms with Gasteiger partial charge in [0.25, 0.3) is 5.91 Å². The molecule has 2 amide bonds. The van der Waals surface area contributed by atoms with Gasteiger partial charge in [-0.25, -0.2) is 0 Å². The van der Waals surface area contributed by atoms with Gasteiger partial charge < -0.3 is 19.3 Å². The number of carbonyl (C=O) groups is 2. The van der Waals surface area contributed by atoms with Crippen LogP contribution in [-0.2, 0) is 11.2 Å². The monoisotopic (exact) mass is 510 g/mol. The Hall–Kier alpha value is -3.03. The third-order valence-electron chi connectivity index (χ3n) is 6.49. The van der Waals surface area contributed by atoms with Gasteiger partial charge in [-0.05, 0) is 66.6 Å². The maximum atomic E-state index is 13.6. The van der Waals surface area contributed by atoms with Crippen molar-refractivity contribution in [3.63, 3.8) is 0 Å². The molecule has 2 aliphatic rings. The van der Waals surface area contributed by atoms with Gasteiger partial charge in [0.2, 0.25) is 5.91 Å². The van der Waals surface area contributed by atoms with Crippen LogP contribution in [0.3, 0.4) is 0 Å². The molecule has 5 rings (SSSR count). The van der Waals surface area contributed by atoms with Gasteiger partial charge >= 0.3 is 0 Å². The van der Waals surface area contributed by atoms with Crippen LogP contribution in [-0.4, -0.2) is 54.5 Å². The first-order valence-electron chi connectivity index (χ1n) is 11.7. The normalized spacial score (nSPS) is 17.0. The fraction of sp³-hybridized carbons (Fsp3) is 0.333. The van der Waals surface area contributed by atoms with Crippen molar-refractivity contribution in [3.05, 3.63) is 81.0 Å². The minimum Gasteiger partial charge on any atom is -0.497 e. The van der Waals surface area contributed by atoms with Crippen LogP contribution in [0.15, 0.2) is 60.0 Å². The molecule has 1 saturated carbocycles. The van der Waals surface area contributed by atoms with Crippen LogP contribution in [0.4, 0.5) is 0 Å². The summed E-state index contributed by atoms with van der Waals surface area (Å²) < 4.78 is 11.4. The first-order chi connectivity index (χ1) is 17.0. The van der Waals surface area contributed by atoms with E-state index in [2.05, 4.69) is 11.4 Å². The summed E-state index contributed by atoms with van der Waals surface area (Å²) in [6, 6.07) is 16.3. The molecular weight excluding hydrogens is 484 g/mol. The largest absolute Gasteiger partial charge is 0.497 e. The number of halogens is 1. The van der Waals surface area contributed by atoms with Gasteiger partial charge in [-0.3, -0.25) is 9.59 Å². The molecule has 0 N–H and O–H groups in total. The standard InChI is InChI=1S/C27H27ClN2O4S/c1-33-21-6-3-7-22(15-21)34-17-24-23-11-13-35-25(23)10-12-29(24)26(31)16-30(20-8-9-20)27(32)18-4-2-5-19(28)14-18/h2-7,11,13-15,20,24H,8-10,12,16-17H2,1H3. The minimum absolute atomic E-state index is 0.0468. The molecule has 0 spiro atoms. The Morgan fingerprint density at radius 1 is 1.11 bits per heavy atom. The Kier molecular flexibility index (Phi) is 6.97. The minimum atomic E-state index is -0.217. The van der Waals surface area contributed by atoms with Gasteiger partial charge in [0.05, 0.1) is 13.2 Å². The van der Waals surface area contributed by atoms with Gasteiger partial charge in [-0.2, -0.15) is 0 Å². The number of fused-ring (bicyclic) bond motifs is 1. The highest BCUT2D eigenvalue weighted by Gasteiger charge is 2.38. The fourth-order valence-corrected chi connectivity index (χ4v) is 5.64. The predicted molar refractivity (Wildman–Crippen MR) is 136 cm³/mol. The van der Waals surface area contributed by atoms with E-state index in [0.29, 0.717) is 29.5 Å². The first-order valence-corrected chi connectivity index (χ1v) is 13.0. The zero-order valence-electron chi connectivity index (χ0n) is 19.5. The van der Waals surface area contributed by atoms with Gasteiger partial charge in [-0.1, -0.05) is 23.7 Å². The van der Waals surface area contributed by atoms with Crippen molar-refractivity contribution in [3.8, 4) is 11.5 Å². The van der Waals surface area contributed by atoms with Crippen molar-refractivity contribution in [2.75, 3.05) is 26.8 Å². The summed E-state index contributed by atoms with van der Waals surface area (Å²) in [4.78, 5) is 31.8. The lowest BCUT2D eigenvalue weighted by molar-refractivity contribution is -0.135. The Labute approximate surface area is 214 Å². The maximum absolute atomic E-state index is 13.6. The van der Waals surface area contributed by atoms with Gasteiger partial charge in [0.1, 0.15) is 24.7 Å². The van der Waals surface area contributed by atoms with E-state index in [-0.39, 0.29) is 30.4 Å². The van der Waals surface area contributed by atoms with Gasteiger partial charge in [0.15, 0.2) is 0 Å². The average Bonchev–Trinajstić information content (AvgIpc) is 3.61. The molecule has 35 heavy (non-hydrogen) atoms. The molecule has 1 atom stereocenters. The van der Waals surface area contributed by atoms with E-state index in [0.717, 1.165) is 30.6 Å². The number of hydrogen-bond donors (Lipinski definition) is 0. The average molecular weight is 511 g/mol. The Morgan fingerprint density at radius 2 is 1.91 bits per heavy atom.